The lowest BCUT2D eigenvalue weighted by atomic mass is 10.1. The van der Waals surface area contributed by atoms with Crippen LogP contribution in [0.4, 0.5) is 0 Å². The molecule has 3 heteroatoms. The molecule has 0 spiro atoms. The van der Waals surface area contributed by atoms with Gasteiger partial charge in [-0.05, 0) is 12.1 Å². The third-order valence-electron chi connectivity index (χ3n) is 1.42. The summed E-state index contributed by atoms with van der Waals surface area (Å²) >= 11 is 5.61. The zero-order chi connectivity index (χ0) is 8.27. The van der Waals surface area contributed by atoms with E-state index < -0.39 is 0 Å². The van der Waals surface area contributed by atoms with Crippen LogP contribution in [-0.4, -0.2) is 11.3 Å². The van der Waals surface area contributed by atoms with Gasteiger partial charge in [-0.2, -0.15) is 0 Å². The molecule has 0 aliphatic heterocycles. The Balaban J connectivity index is 2.89. The molecule has 1 atom stereocenters. The lowest BCUT2D eigenvalue weighted by molar-refractivity contribution is -0.108. The molecule has 0 saturated carbocycles. The van der Waals surface area contributed by atoms with Gasteiger partial charge in [0.2, 0.25) is 0 Å². The molecule has 1 aromatic heterocycles. The second kappa shape index (κ2) is 3.49. The van der Waals surface area contributed by atoms with Crippen LogP contribution >= 0.6 is 11.6 Å². The van der Waals surface area contributed by atoms with Crippen molar-refractivity contribution in [2.45, 2.75) is 12.8 Å². The van der Waals surface area contributed by atoms with Gasteiger partial charge in [-0.1, -0.05) is 18.5 Å². The predicted octanol–water partition coefficient (Wildman–Crippen LogP) is 2.04. The third kappa shape index (κ3) is 2.02. The lowest BCUT2D eigenvalue weighted by Gasteiger charge is -2.00. The van der Waals surface area contributed by atoms with E-state index in [4.69, 9.17) is 11.6 Å². The van der Waals surface area contributed by atoms with Crippen LogP contribution in [0, 0.1) is 0 Å². The summed E-state index contributed by atoms with van der Waals surface area (Å²) in [6, 6.07) is 3.48. The SMILES string of the molecule is CC(C=O)c1ccc(Cl)cn1. The van der Waals surface area contributed by atoms with Crippen molar-refractivity contribution in [1.29, 1.82) is 0 Å². The first-order valence-electron chi connectivity index (χ1n) is 3.31. The standard InChI is InChI=1S/C8H8ClNO/c1-6(5-11)8-3-2-7(9)4-10-8/h2-6H,1H3. The van der Waals surface area contributed by atoms with Crippen molar-refractivity contribution in [1.82, 2.24) is 4.98 Å². The highest BCUT2D eigenvalue weighted by Crippen LogP contribution is 2.12. The van der Waals surface area contributed by atoms with Gasteiger partial charge in [0.25, 0.3) is 0 Å². The summed E-state index contributed by atoms with van der Waals surface area (Å²) in [5.41, 5.74) is 0.754. The van der Waals surface area contributed by atoms with Gasteiger partial charge in [-0.15, -0.1) is 0 Å². The lowest BCUT2D eigenvalue weighted by Crippen LogP contribution is -1.96. The minimum atomic E-state index is -0.146. The monoisotopic (exact) mass is 169 g/mol. The predicted molar refractivity (Wildman–Crippen MR) is 43.7 cm³/mol. The number of aromatic nitrogens is 1. The molecule has 1 unspecified atom stereocenters. The van der Waals surface area contributed by atoms with E-state index in [9.17, 15) is 4.79 Å². The minimum absolute atomic E-state index is 0.146. The van der Waals surface area contributed by atoms with Crippen molar-refractivity contribution in [2.24, 2.45) is 0 Å². The van der Waals surface area contributed by atoms with Crippen LogP contribution in [0.2, 0.25) is 5.02 Å². The van der Waals surface area contributed by atoms with Gasteiger partial charge in [0.15, 0.2) is 0 Å². The Bertz CT molecular complexity index is 245. The fourth-order valence-electron chi connectivity index (χ4n) is 0.726. The molecule has 2 nitrogen and oxygen atoms in total. The van der Waals surface area contributed by atoms with Crippen LogP contribution in [0.15, 0.2) is 18.3 Å². The van der Waals surface area contributed by atoms with Crippen LogP contribution < -0.4 is 0 Å². The molecular weight excluding hydrogens is 162 g/mol. The second-order valence-electron chi connectivity index (χ2n) is 2.33. The molecule has 0 radical (unpaired) electrons. The van der Waals surface area contributed by atoms with Crippen LogP contribution in [-0.2, 0) is 4.79 Å². The summed E-state index contributed by atoms with van der Waals surface area (Å²) in [6.07, 6.45) is 2.40. The van der Waals surface area contributed by atoms with E-state index in [1.807, 2.05) is 0 Å². The molecule has 0 bridgehead atoms. The molecule has 1 heterocycles. The quantitative estimate of drug-likeness (QED) is 0.635. The molecule has 1 aromatic rings. The second-order valence-corrected chi connectivity index (χ2v) is 2.76. The molecule has 0 aromatic carbocycles. The first-order chi connectivity index (χ1) is 5.24. The molecular formula is C8H8ClNO. The number of hydrogen-bond acceptors (Lipinski definition) is 2. The van der Waals surface area contributed by atoms with Gasteiger partial charge in [-0.3, -0.25) is 4.98 Å². The highest BCUT2D eigenvalue weighted by Gasteiger charge is 2.03. The van der Waals surface area contributed by atoms with Crippen molar-refractivity contribution in [3.8, 4) is 0 Å². The number of carbonyl (C=O) groups excluding carboxylic acids is 1. The zero-order valence-corrected chi connectivity index (χ0v) is 6.88. The molecule has 58 valence electrons. The van der Waals surface area contributed by atoms with Crippen LogP contribution in [0.3, 0.4) is 0 Å². The van der Waals surface area contributed by atoms with E-state index in [-0.39, 0.29) is 5.92 Å². The number of nitrogens with zero attached hydrogens (tertiary/aromatic N) is 1. The Labute approximate surface area is 70.2 Å². The summed E-state index contributed by atoms with van der Waals surface area (Å²) in [5, 5.41) is 0.590. The number of aldehydes is 1. The smallest absolute Gasteiger partial charge is 0.128 e. The average Bonchev–Trinajstić information content (AvgIpc) is 2.05. The topological polar surface area (TPSA) is 30.0 Å². The molecule has 0 fully saturated rings. The van der Waals surface area contributed by atoms with Gasteiger partial charge >= 0.3 is 0 Å². The van der Waals surface area contributed by atoms with Crippen molar-refractivity contribution in [3.05, 3.63) is 29.0 Å². The van der Waals surface area contributed by atoms with Gasteiger partial charge in [0.05, 0.1) is 16.6 Å². The maximum Gasteiger partial charge on any atom is 0.128 e. The van der Waals surface area contributed by atoms with Crippen LogP contribution in [0.25, 0.3) is 0 Å². The summed E-state index contributed by atoms with van der Waals surface area (Å²) in [4.78, 5) is 14.3. The van der Waals surface area contributed by atoms with E-state index in [2.05, 4.69) is 4.98 Å². The number of rotatable bonds is 2. The Morgan fingerprint density at radius 2 is 2.36 bits per heavy atom. The number of hydrogen-bond donors (Lipinski definition) is 0. The molecule has 0 saturated heterocycles. The Morgan fingerprint density at radius 1 is 1.64 bits per heavy atom. The Morgan fingerprint density at radius 3 is 2.82 bits per heavy atom. The van der Waals surface area contributed by atoms with Crippen molar-refractivity contribution in [2.75, 3.05) is 0 Å². The van der Waals surface area contributed by atoms with E-state index in [1.54, 1.807) is 19.1 Å². The molecule has 0 aliphatic rings. The summed E-state index contributed by atoms with van der Waals surface area (Å²) in [5.74, 6) is -0.146. The first-order valence-corrected chi connectivity index (χ1v) is 3.68. The summed E-state index contributed by atoms with van der Waals surface area (Å²) in [7, 11) is 0. The Kier molecular flexibility index (Phi) is 2.60. The van der Waals surface area contributed by atoms with Gasteiger partial charge < -0.3 is 4.79 Å². The van der Waals surface area contributed by atoms with Gasteiger partial charge in [-0.25, -0.2) is 0 Å². The highest BCUT2D eigenvalue weighted by molar-refractivity contribution is 6.30. The summed E-state index contributed by atoms with van der Waals surface area (Å²) < 4.78 is 0. The molecule has 1 rings (SSSR count). The van der Waals surface area contributed by atoms with Crippen molar-refractivity contribution < 1.29 is 4.79 Å². The fraction of sp³-hybridized carbons (Fsp3) is 0.250. The maximum atomic E-state index is 10.3. The number of halogens is 1. The minimum Gasteiger partial charge on any atom is -0.303 e. The van der Waals surface area contributed by atoms with E-state index in [0.717, 1.165) is 12.0 Å². The molecule has 0 amide bonds. The van der Waals surface area contributed by atoms with Gasteiger partial charge in [0.1, 0.15) is 6.29 Å². The van der Waals surface area contributed by atoms with Crippen LogP contribution in [0.5, 0.6) is 0 Å². The number of carbonyl (C=O) groups is 1. The average molecular weight is 170 g/mol. The Hall–Kier alpha value is -0.890. The fourth-order valence-corrected chi connectivity index (χ4v) is 0.838. The molecule has 0 aliphatic carbocycles. The zero-order valence-electron chi connectivity index (χ0n) is 6.12. The van der Waals surface area contributed by atoms with E-state index in [1.165, 1.54) is 6.20 Å². The van der Waals surface area contributed by atoms with E-state index in [0.29, 0.717) is 5.02 Å². The van der Waals surface area contributed by atoms with Crippen LogP contribution in [0.1, 0.15) is 18.5 Å². The van der Waals surface area contributed by atoms with E-state index >= 15 is 0 Å². The summed E-state index contributed by atoms with van der Waals surface area (Å²) in [6.45, 7) is 1.79. The van der Waals surface area contributed by atoms with Crippen molar-refractivity contribution in [3.63, 3.8) is 0 Å². The van der Waals surface area contributed by atoms with Gasteiger partial charge in [0, 0.05) is 6.20 Å². The number of pyridine rings is 1. The van der Waals surface area contributed by atoms with Crippen molar-refractivity contribution >= 4 is 17.9 Å². The maximum absolute atomic E-state index is 10.3. The molecule has 11 heavy (non-hydrogen) atoms. The third-order valence-corrected chi connectivity index (χ3v) is 1.64. The first kappa shape index (κ1) is 8.21. The normalized spacial score (nSPS) is 12.5. The highest BCUT2D eigenvalue weighted by atomic mass is 35.5. The molecule has 0 N–H and O–H groups in total. The largest absolute Gasteiger partial charge is 0.303 e.